The van der Waals surface area contributed by atoms with Gasteiger partial charge in [-0.05, 0) is 131 Å². The number of anilines is 3. The lowest BCUT2D eigenvalue weighted by atomic mass is 9.78. The SMILES string of the molecule is CC(C)(C)c1cc(-c2cccc(N(c3cccc(C(C)(C)C)c3)c3ccc4c(c3)C(C)(C)c3ccccc3-4)c2)cc(-c2cc(C(C)(C)C)cc(C(C)(C)C)c2)c1. The average molecular weight is 738 g/mol. The maximum Gasteiger partial charge on any atom is 0.0467 e. The molecule has 0 amide bonds. The van der Waals surface area contributed by atoms with Crippen LogP contribution in [-0.2, 0) is 27.1 Å². The van der Waals surface area contributed by atoms with E-state index in [-0.39, 0.29) is 27.1 Å². The minimum absolute atomic E-state index is 0.0199. The van der Waals surface area contributed by atoms with Crippen LogP contribution in [0.2, 0.25) is 0 Å². The number of hydrogen-bond acceptors (Lipinski definition) is 1. The van der Waals surface area contributed by atoms with E-state index in [1.807, 2.05) is 0 Å². The third-order valence-electron chi connectivity index (χ3n) is 12.0. The van der Waals surface area contributed by atoms with Gasteiger partial charge >= 0.3 is 0 Å². The highest BCUT2D eigenvalue weighted by molar-refractivity contribution is 5.87. The smallest absolute Gasteiger partial charge is 0.0467 e. The normalized spacial score (nSPS) is 14.0. The molecule has 0 unspecified atom stereocenters. The van der Waals surface area contributed by atoms with Gasteiger partial charge in [0.05, 0.1) is 0 Å². The Bertz CT molecular complexity index is 2390. The Balaban J connectivity index is 1.42. The molecule has 288 valence electrons. The fourth-order valence-corrected chi connectivity index (χ4v) is 8.27. The molecule has 0 fully saturated rings. The number of fused-ring (bicyclic) bond motifs is 3. The van der Waals surface area contributed by atoms with Crippen LogP contribution in [0.4, 0.5) is 17.1 Å². The van der Waals surface area contributed by atoms with Crippen molar-refractivity contribution in [3.05, 3.63) is 161 Å². The lowest BCUT2D eigenvalue weighted by molar-refractivity contribution is 0.569. The van der Waals surface area contributed by atoms with E-state index < -0.39 is 0 Å². The van der Waals surface area contributed by atoms with Gasteiger partial charge < -0.3 is 4.90 Å². The zero-order valence-electron chi connectivity index (χ0n) is 36.6. The van der Waals surface area contributed by atoms with Crippen molar-refractivity contribution in [2.24, 2.45) is 0 Å². The highest BCUT2D eigenvalue weighted by atomic mass is 15.1. The fraction of sp³-hybridized carbons (Fsp3) is 0.345. The lowest BCUT2D eigenvalue weighted by Gasteiger charge is -2.30. The summed E-state index contributed by atoms with van der Waals surface area (Å²) in [6.45, 7) is 32.6. The van der Waals surface area contributed by atoms with Crippen molar-refractivity contribution >= 4 is 17.1 Å². The van der Waals surface area contributed by atoms with Crippen LogP contribution < -0.4 is 4.90 Å². The quantitative estimate of drug-likeness (QED) is 0.170. The topological polar surface area (TPSA) is 3.24 Å². The van der Waals surface area contributed by atoms with Gasteiger partial charge in [-0.1, -0.05) is 182 Å². The second-order valence-corrected chi connectivity index (χ2v) is 20.9. The van der Waals surface area contributed by atoms with E-state index in [0.29, 0.717) is 0 Å². The molecule has 0 heterocycles. The highest BCUT2D eigenvalue weighted by Gasteiger charge is 2.36. The molecule has 0 aromatic heterocycles. The van der Waals surface area contributed by atoms with Gasteiger partial charge in [-0.15, -0.1) is 0 Å². The summed E-state index contributed by atoms with van der Waals surface area (Å²) >= 11 is 0. The van der Waals surface area contributed by atoms with E-state index in [2.05, 4.69) is 229 Å². The Labute approximate surface area is 338 Å². The minimum Gasteiger partial charge on any atom is -0.310 e. The van der Waals surface area contributed by atoms with Crippen LogP contribution in [0.1, 0.15) is 130 Å². The molecule has 56 heavy (non-hydrogen) atoms. The van der Waals surface area contributed by atoms with Crippen LogP contribution in [0.15, 0.2) is 127 Å². The largest absolute Gasteiger partial charge is 0.310 e. The van der Waals surface area contributed by atoms with Crippen molar-refractivity contribution in [2.45, 2.75) is 124 Å². The van der Waals surface area contributed by atoms with Gasteiger partial charge in [-0.3, -0.25) is 0 Å². The molecule has 0 N–H and O–H groups in total. The summed E-state index contributed by atoms with van der Waals surface area (Å²) < 4.78 is 0. The fourth-order valence-electron chi connectivity index (χ4n) is 8.27. The van der Waals surface area contributed by atoms with Gasteiger partial charge in [-0.2, -0.15) is 0 Å². The lowest BCUT2D eigenvalue weighted by Crippen LogP contribution is -2.17. The van der Waals surface area contributed by atoms with Crippen LogP contribution in [-0.4, -0.2) is 0 Å². The van der Waals surface area contributed by atoms with Crippen LogP contribution in [0.5, 0.6) is 0 Å². The Morgan fingerprint density at radius 2 is 0.804 bits per heavy atom. The molecule has 0 spiro atoms. The first-order valence-electron chi connectivity index (χ1n) is 20.6. The first-order chi connectivity index (χ1) is 26.0. The Morgan fingerprint density at radius 1 is 0.339 bits per heavy atom. The zero-order chi connectivity index (χ0) is 40.6. The van der Waals surface area contributed by atoms with Crippen LogP contribution in [0.3, 0.4) is 0 Å². The molecule has 6 aromatic carbocycles. The van der Waals surface area contributed by atoms with Gasteiger partial charge in [0, 0.05) is 22.5 Å². The third-order valence-corrected chi connectivity index (χ3v) is 12.0. The molecule has 1 aliphatic rings. The molecule has 0 aliphatic heterocycles. The summed E-state index contributed by atoms with van der Waals surface area (Å²) in [6.07, 6.45) is 0. The van der Waals surface area contributed by atoms with Crippen molar-refractivity contribution in [1.82, 2.24) is 0 Å². The molecule has 7 rings (SSSR count). The molecule has 1 aliphatic carbocycles. The molecular weight excluding hydrogens is 675 g/mol. The van der Waals surface area contributed by atoms with Gasteiger partial charge in [-0.25, -0.2) is 0 Å². The average Bonchev–Trinajstić information content (AvgIpc) is 3.36. The predicted octanol–water partition coefficient (Wildman–Crippen LogP) is 16.0. The van der Waals surface area contributed by atoms with Gasteiger partial charge in [0.15, 0.2) is 0 Å². The molecule has 1 heteroatoms. The molecule has 1 nitrogen and oxygen atoms in total. The van der Waals surface area contributed by atoms with Crippen LogP contribution in [0.25, 0.3) is 33.4 Å². The van der Waals surface area contributed by atoms with Crippen molar-refractivity contribution in [3.8, 4) is 33.4 Å². The second-order valence-electron chi connectivity index (χ2n) is 20.9. The molecule has 0 saturated carbocycles. The minimum atomic E-state index is -0.0936. The maximum absolute atomic E-state index is 2.47. The predicted molar refractivity (Wildman–Crippen MR) is 244 cm³/mol. The summed E-state index contributed by atoms with van der Waals surface area (Å²) in [5, 5.41) is 0. The molecular formula is C55H63N. The van der Waals surface area contributed by atoms with E-state index in [4.69, 9.17) is 0 Å². The van der Waals surface area contributed by atoms with Gasteiger partial charge in [0.1, 0.15) is 0 Å². The van der Waals surface area contributed by atoms with E-state index in [1.54, 1.807) is 0 Å². The van der Waals surface area contributed by atoms with Gasteiger partial charge in [0.2, 0.25) is 0 Å². The number of benzene rings is 6. The molecule has 6 aromatic rings. The molecule has 0 atom stereocenters. The van der Waals surface area contributed by atoms with E-state index in [1.165, 1.54) is 78.1 Å². The highest BCUT2D eigenvalue weighted by Crippen LogP contribution is 2.51. The molecule has 0 radical (unpaired) electrons. The monoisotopic (exact) mass is 737 g/mol. The van der Waals surface area contributed by atoms with Crippen molar-refractivity contribution in [1.29, 1.82) is 0 Å². The van der Waals surface area contributed by atoms with Crippen molar-refractivity contribution in [3.63, 3.8) is 0 Å². The molecule has 0 bridgehead atoms. The summed E-state index contributed by atoms with van der Waals surface area (Å²) in [7, 11) is 0. The number of rotatable bonds is 5. The summed E-state index contributed by atoms with van der Waals surface area (Å²) in [4.78, 5) is 2.47. The maximum atomic E-state index is 2.47. The summed E-state index contributed by atoms with van der Waals surface area (Å²) in [5.41, 5.74) is 19.3. The summed E-state index contributed by atoms with van der Waals surface area (Å²) in [5.74, 6) is 0. The van der Waals surface area contributed by atoms with E-state index >= 15 is 0 Å². The van der Waals surface area contributed by atoms with Crippen LogP contribution in [0, 0.1) is 0 Å². The van der Waals surface area contributed by atoms with Crippen molar-refractivity contribution < 1.29 is 0 Å². The third kappa shape index (κ3) is 7.50. The van der Waals surface area contributed by atoms with E-state index in [0.717, 1.165) is 5.69 Å². The van der Waals surface area contributed by atoms with Crippen molar-refractivity contribution in [2.75, 3.05) is 4.90 Å². The first-order valence-corrected chi connectivity index (χ1v) is 20.6. The van der Waals surface area contributed by atoms with Crippen LogP contribution >= 0.6 is 0 Å². The molecule has 0 saturated heterocycles. The zero-order valence-corrected chi connectivity index (χ0v) is 36.6. The summed E-state index contributed by atoms with van der Waals surface area (Å²) in [6, 6.07) is 48.9. The Hall–Kier alpha value is -4.88. The number of nitrogens with zero attached hydrogens (tertiary/aromatic N) is 1. The second kappa shape index (κ2) is 13.7. The Morgan fingerprint density at radius 3 is 1.39 bits per heavy atom. The first kappa shape index (κ1) is 39.4. The van der Waals surface area contributed by atoms with Gasteiger partial charge in [0.25, 0.3) is 0 Å². The number of hydrogen-bond donors (Lipinski definition) is 0. The Kier molecular flexibility index (Phi) is 9.59. The van der Waals surface area contributed by atoms with E-state index in [9.17, 15) is 0 Å². The standard InChI is InChI=1S/C55H63N/c1-51(2,3)40-20-18-22-45(34-40)56(46-25-26-48-47-23-15-16-24-49(47)55(13,14)50(48)35-46)44-21-17-19-36(32-44)37-27-38(29-41(28-37)52(4,5)6)39-30-42(53(7,8)9)33-43(31-39)54(10,11)12/h15-35H,1-14H3.